The number of rotatable bonds is 12. The van der Waals surface area contributed by atoms with Gasteiger partial charge in [0.2, 0.25) is 5.91 Å². The zero-order chi connectivity index (χ0) is 38.7. The molecule has 12 heteroatoms. The maximum Gasteiger partial charge on any atom is 0.272 e. The number of anilines is 3. The Balaban J connectivity index is 1.23. The van der Waals surface area contributed by atoms with Gasteiger partial charge < -0.3 is 21.3 Å². The van der Waals surface area contributed by atoms with E-state index in [1.807, 2.05) is 36.4 Å². The molecule has 5 aromatic carbocycles. The van der Waals surface area contributed by atoms with Crippen molar-refractivity contribution in [2.75, 3.05) is 16.0 Å². The average Bonchev–Trinajstić information content (AvgIpc) is 3.52. The predicted molar refractivity (Wildman–Crippen MR) is 215 cm³/mol. The molecule has 6 rings (SSSR count). The number of benzene rings is 5. The molecular formula is C43H32FN5O4S2. The number of para-hydroxylation sites is 1. The molecule has 4 amide bonds. The van der Waals surface area contributed by atoms with E-state index in [2.05, 4.69) is 27.3 Å². The van der Waals surface area contributed by atoms with Gasteiger partial charge in [0.25, 0.3) is 17.7 Å². The van der Waals surface area contributed by atoms with Crippen molar-refractivity contribution in [3.63, 3.8) is 0 Å². The van der Waals surface area contributed by atoms with Crippen molar-refractivity contribution in [2.24, 2.45) is 0 Å². The van der Waals surface area contributed by atoms with Gasteiger partial charge in [0.05, 0.1) is 10.4 Å². The Morgan fingerprint density at radius 3 is 2.05 bits per heavy atom. The molecule has 4 N–H and O–H groups in total. The average molecular weight is 766 g/mol. The van der Waals surface area contributed by atoms with Gasteiger partial charge >= 0.3 is 0 Å². The standard InChI is InChI=1S/C43H32FN5O4S2/c1-27-35(26-45)43(55-37(27)41(52)46-32-16-9-4-10-17-32)49-42(53)38(29-12-5-2-6-13-29)54-34-19-11-18-33(25-34)47-40(51)36(24-28-20-22-31(44)23-21-28)48-39(50)30-14-7-3-8-15-30/h2-25,38H,1H3,(H,46,52)(H,47,51)(H,48,50)(H,49,53)/b36-24+. The molecule has 0 aliphatic carbocycles. The Labute approximate surface area is 324 Å². The van der Waals surface area contributed by atoms with Gasteiger partial charge in [-0.15, -0.1) is 23.1 Å². The number of hydrogen-bond donors (Lipinski definition) is 4. The lowest BCUT2D eigenvalue weighted by Crippen LogP contribution is -2.30. The smallest absolute Gasteiger partial charge is 0.272 e. The second kappa shape index (κ2) is 17.8. The minimum atomic E-state index is -0.804. The molecular weight excluding hydrogens is 734 g/mol. The number of hydrogen-bond acceptors (Lipinski definition) is 7. The van der Waals surface area contributed by atoms with Crippen LogP contribution >= 0.6 is 23.1 Å². The largest absolute Gasteiger partial charge is 0.321 e. The van der Waals surface area contributed by atoms with E-state index < -0.39 is 34.7 Å². The van der Waals surface area contributed by atoms with Crippen LogP contribution in [0.15, 0.2) is 150 Å². The van der Waals surface area contributed by atoms with E-state index >= 15 is 0 Å². The summed E-state index contributed by atoms with van der Waals surface area (Å²) < 4.78 is 13.6. The topological polar surface area (TPSA) is 140 Å². The molecule has 55 heavy (non-hydrogen) atoms. The Morgan fingerprint density at radius 1 is 0.745 bits per heavy atom. The maximum absolute atomic E-state index is 14.1. The lowest BCUT2D eigenvalue weighted by Gasteiger charge is -2.17. The Bertz CT molecular complexity index is 2410. The van der Waals surface area contributed by atoms with Gasteiger partial charge in [-0.05, 0) is 84.3 Å². The maximum atomic E-state index is 14.1. The van der Waals surface area contributed by atoms with E-state index in [-0.39, 0.29) is 16.3 Å². The molecule has 272 valence electrons. The first-order chi connectivity index (χ1) is 26.7. The van der Waals surface area contributed by atoms with Gasteiger partial charge in [-0.1, -0.05) is 84.9 Å². The summed E-state index contributed by atoms with van der Waals surface area (Å²) in [5, 5.41) is 20.7. The number of carbonyl (C=O) groups excluding carboxylic acids is 4. The number of nitrogens with one attached hydrogen (secondary N) is 4. The molecule has 0 radical (unpaired) electrons. The summed E-state index contributed by atoms with van der Waals surface area (Å²) in [6.45, 7) is 1.67. The molecule has 0 bridgehead atoms. The zero-order valence-corrected chi connectivity index (χ0v) is 30.8. The Kier molecular flexibility index (Phi) is 12.3. The normalized spacial score (nSPS) is 11.5. The van der Waals surface area contributed by atoms with E-state index in [1.165, 1.54) is 42.1 Å². The van der Waals surface area contributed by atoms with Gasteiger partial charge in [-0.25, -0.2) is 4.39 Å². The number of nitrogens with zero attached hydrogens (tertiary/aromatic N) is 1. The van der Waals surface area contributed by atoms with E-state index in [0.717, 1.165) is 11.3 Å². The van der Waals surface area contributed by atoms with Crippen LogP contribution in [0, 0.1) is 24.1 Å². The highest BCUT2D eigenvalue weighted by Gasteiger charge is 2.27. The molecule has 0 saturated carbocycles. The number of amides is 4. The SMILES string of the molecule is Cc1c(C(=O)Nc2ccccc2)sc(NC(=O)C(Sc2cccc(NC(=O)/C(=C\c3ccc(F)cc3)NC(=O)c3ccccc3)c2)c2ccccc2)c1C#N. The highest BCUT2D eigenvalue weighted by Crippen LogP contribution is 2.39. The molecule has 1 heterocycles. The van der Waals surface area contributed by atoms with E-state index in [4.69, 9.17) is 0 Å². The number of halogens is 1. The summed E-state index contributed by atoms with van der Waals surface area (Å²) in [5.41, 5.74) is 3.08. The summed E-state index contributed by atoms with van der Waals surface area (Å²) >= 11 is 2.25. The van der Waals surface area contributed by atoms with Crippen LogP contribution in [-0.4, -0.2) is 23.6 Å². The van der Waals surface area contributed by atoms with Gasteiger partial charge in [-0.3, -0.25) is 19.2 Å². The minimum absolute atomic E-state index is 0.0728. The van der Waals surface area contributed by atoms with Gasteiger partial charge in [-0.2, -0.15) is 5.26 Å². The van der Waals surface area contributed by atoms with Crippen molar-refractivity contribution < 1.29 is 23.6 Å². The summed E-state index contributed by atoms with van der Waals surface area (Å²) in [6.07, 6.45) is 1.45. The van der Waals surface area contributed by atoms with Crippen molar-refractivity contribution in [2.45, 2.75) is 17.1 Å². The molecule has 0 fully saturated rings. The second-order valence-corrected chi connectivity index (χ2v) is 14.2. The second-order valence-electron chi connectivity index (χ2n) is 12.0. The Hall–Kier alpha value is -6.81. The van der Waals surface area contributed by atoms with E-state index in [0.29, 0.717) is 43.4 Å². The van der Waals surface area contributed by atoms with Crippen LogP contribution in [-0.2, 0) is 9.59 Å². The van der Waals surface area contributed by atoms with Crippen LogP contribution in [0.3, 0.4) is 0 Å². The molecule has 0 aliphatic heterocycles. The molecule has 0 saturated heterocycles. The predicted octanol–water partition coefficient (Wildman–Crippen LogP) is 9.20. The summed E-state index contributed by atoms with van der Waals surface area (Å²) in [7, 11) is 0. The fourth-order valence-corrected chi connectivity index (χ4v) is 7.53. The summed E-state index contributed by atoms with van der Waals surface area (Å²) in [6, 6.07) is 40.9. The Morgan fingerprint density at radius 2 is 1.38 bits per heavy atom. The van der Waals surface area contributed by atoms with Crippen molar-refractivity contribution >= 4 is 69.2 Å². The van der Waals surface area contributed by atoms with Crippen molar-refractivity contribution in [3.8, 4) is 6.07 Å². The minimum Gasteiger partial charge on any atom is -0.321 e. The van der Waals surface area contributed by atoms with Crippen LogP contribution < -0.4 is 21.3 Å². The first-order valence-electron chi connectivity index (χ1n) is 16.9. The van der Waals surface area contributed by atoms with Crippen LogP contribution in [0.2, 0.25) is 0 Å². The fraction of sp³-hybridized carbons (Fsp3) is 0.0465. The van der Waals surface area contributed by atoms with Gasteiger partial charge in [0.15, 0.2) is 0 Å². The molecule has 0 spiro atoms. The van der Waals surface area contributed by atoms with Gasteiger partial charge in [0.1, 0.15) is 27.8 Å². The van der Waals surface area contributed by atoms with E-state index in [9.17, 15) is 28.8 Å². The van der Waals surface area contributed by atoms with Crippen molar-refractivity contribution in [1.82, 2.24) is 5.32 Å². The third kappa shape index (κ3) is 9.79. The molecule has 6 aromatic rings. The molecule has 0 aliphatic rings. The summed E-state index contributed by atoms with van der Waals surface area (Å²) in [5.74, 6) is -2.40. The highest BCUT2D eigenvalue weighted by atomic mass is 32.2. The molecule has 1 unspecified atom stereocenters. The number of nitriles is 1. The zero-order valence-electron chi connectivity index (χ0n) is 29.2. The van der Waals surface area contributed by atoms with Gasteiger partial charge in [0, 0.05) is 21.8 Å². The quantitative estimate of drug-likeness (QED) is 0.0724. The summed E-state index contributed by atoms with van der Waals surface area (Å²) in [4.78, 5) is 54.9. The van der Waals surface area contributed by atoms with Crippen LogP contribution in [0.4, 0.5) is 20.8 Å². The third-order valence-electron chi connectivity index (χ3n) is 8.13. The monoisotopic (exact) mass is 765 g/mol. The lowest BCUT2D eigenvalue weighted by atomic mass is 10.1. The number of thioether (sulfide) groups is 1. The van der Waals surface area contributed by atoms with Crippen LogP contribution in [0.25, 0.3) is 6.08 Å². The lowest BCUT2D eigenvalue weighted by molar-refractivity contribution is -0.116. The molecule has 9 nitrogen and oxygen atoms in total. The van der Waals surface area contributed by atoms with E-state index in [1.54, 1.807) is 85.8 Å². The first-order valence-corrected chi connectivity index (χ1v) is 18.6. The van der Waals surface area contributed by atoms with Crippen molar-refractivity contribution in [1.29, 1.82) is 5.26 Å². The van der Waals surface area contributed by atoms with Crippen molar-refractivity contribution in [3.05, 3.63) is 184 Å². The third-order valence-corrected chi connectivity index (χ3v) is 10.6. The fourth-order valence-electron chi connectivity index (χ4n) is 5.39. The molecule has 1 aromatic heterocycles. The number of carbonyl (C=O) groups is 4. The number of thiophene rings is 1. The molecule has 1 atom stereocenters. The van der Waals surface area contributed by atoms with Crippen LogP contribution in [0.5, 0.6) is 0 Å². The van der Waals surface area contributed by atoms with Crippen LogP contribution in [0.1, 0.15) is 47.5 Å². The first kappa shape index (κ1) is 37.9. The highest BCUT2D eigenvalue weighted by molar-refractivity contribution is 8.00.